The minimum absolute atomic E-state index is 0.219. The first-order chi connectivity index (χ1) is 11.6. The number of tetrazole rings is 1. The summed E-state index contributed by atoms with van der Waals surface area (Å²) in [5, 5.41) is 12.5. The molecule has 0 saturated carbocycles. The summed E-state index contributed by atoms with van der Waals surface area (Å²) in [6.45, 7) is 4.65. The topological polar surface area (TPSA) is 52.8 Å². The zero-order valence-electron chi connectivity index (χ0n) is 13.9. The molecule has 0 saturated heterocycles. The summed E-state index contributed by atoms with van der Waals surface area (Å²) in [6.07, 6.45) is 0. The number of ether oxygens (including phenoxy) is 1. The van der Waals surface area contributed by atoms with Crippen LogP contribution < -0.4 is 4.74 Å². The molecule has 124 valence electrons. The SMILES string of the molecule is COc1ccc(Cn2nnc(-c3ccc(C(C)C)cc3)n2)cc1F. The van der Waals surface area contributed by atoms with Crippen molar-refractivity contribution in [3.63, 3.8) is 0 Å². The second-order valence-corrected chi connectivity index (χ2v) is 5.89. The van der Waals surface area contributed by atoms with Crippen LogP contribution in [0.25, 0.3) is 11.4 Å². The Bertz CT molecular complexity index is 827. The monoisotopic (exact) mass is 326 g/mol. The number of rotatable bonds is 5. The highest BCUT2D eigenvalue weighted by Crippen LogP contribution is 2.20. The smallest absolute Gasteiger partial charge is 0.204 e. The maximum absolute atomic E-state index is 13.7. The van der Waals surface area contributed by atoms with Gasteiger partial charge in [-0.3, -0.25) is 0 Å². The van der Waals surface area contributed by atoms with Crippen molar-refractivity contribution >= 4 is 0 Å². The molecule has 3 aromatic rings. The van der Waals surface area contributed by atoms with Crippen LogP contribution in [0.4, 0.5) is 4.39 Å². The molecule has 0 aliphatic carbocycles. The molecule has 0 radical (unpaired) electrons. The molecule has 0 amide bonds. The molecular formula is C18H19FN4O. The maximum atomic E-state index is 13.7. The summed E-state index contributed by atoms with van der Waals surface area (Å²) in [6, 6.07) is 12.9. The molecule has 1 heterocycles. The number of nitrogens with zero attached hydrogens (tertiary/aromatic N) is 4. The summed E-state index contributed by atoms with van der Waals surface area (Å²) >= 11 is 0. The summed E-state index contributed by atoms with van der Waals surface area (Å²) in [5.74, 6) is 0.850. The number of hydrogen-bond acceptors (Lipinski definition) is 4. The third-order valence-electron chi connectivity index (χ3n) is 3.83. The molecule has 24 heavy (non-hydrogen) atoms. The molecule has 0 unspecified atom stereocenters. The molecule has 2 aromatic carbocycles. The van der Waals surface area contributed by atoms with Crippen molar-refractivity contribution in [3.8, 4) is 17.1 Å². The molecule has 6 heteroatoms. The van der Waals surface area contributed by atoms with Crippen LogP contribution in [0.5, 0.6) is 5.75 Å². The normalized spacial score (nSPS) is 11.0. The Hall–Kier alpha value is -2.76. The highest BCUT2D eigenvalue weighted by Gasteiger charge is 2.09. The lowest BCUT2D eigenvalue weighted by atomic mass is 10.0. The minimum atomic E-state index is -0.403. The number of halogens is 1. The first kappa shape index (κ1) is 16.1. The van der Waals surface area contributed by atoms with Gasteiger partial charge in [0.05, 0.1) is 13.7 Å². The van der Waals surface area contributed by atoms with Crippen molar-refractivity contribution in [1.82, 2.24) is 20.2 Å². The van der Waals surface area contributed by atoms with Gasteiger partial charge in [-0.25, -0.2) is 4.39 Å². The van der Waals surface area contributed by atoms with Crippen LogP contribution in [-0.4, -0.2) is 27.3 Å². The fourth-order valence-electron chi connectivity index (χ4n) is 2.41. The van der Waals surface area contributed by atoms with E-state index in [0.717, 1.165) is 11.1 Å². The highest BCUT2D eigenvalue weighted by atomic mass is 19.1. The Labute approximate surface area is 140 Å². The lowest BCUT2D eigenvalue weighted by Crippen LogP contribution is -2.04. The largest absolute Gasteiger partial charge is 0.494 e. The molecular weight excluding hydrogens is 307 g/mol. The van der Waals surface area contributed by atoms with E-state index < -0.39 is 5.82 Å². The van der Waals surface area contributed by atoms with Crippen LogP contribution >= 0.6 is 0 Å². The van der Waals surface area contributed by atoms with Gasteiger partial charge >= 0.3 is 0 Å². The third kappa shape index (κ3) is 3.42. The average molecular weight is 326 g/mol. The van der Waals surface area contributed by atoms with Crippen molar-refractivity contribution < 1.29 is 9.13 Å². The Morgan fingerprint density at radius 2 is 1.88 bits per heavy atom. The highest BCUT2D eigenvalue weighted by molar-refractivity contribution is 5.54. The maximum Gasteiger partial charge on any atom is 0.204 e. The van der Waals surface area contributed by atoms with Crippen molar-refractivity contribution in [1.29, 1.82) is 0 Å². The van der Waals surface area contributed by atoms with Gasteiger partial charge in [-0.05, 0) is 34.4 Å². The van der Waals surface area contributed by atoms with Gasteiger partial charge in [-0.2, -0.15) is 4.80 Å². The lowest BCUT2D eigenvalue weighted by molar-refractivity contribution is 0.386. The van der Waals surface area contributed by atoms with Crippen molar-refractivity contribution in [2.75, 3.05) is 7.11 Å². The predicted octanol–water partition coefficient (Wildman–Crippen LogP) is 3.66. The molecule has 3 rings (SSSR count). The van der Waals surface area contributed by atoms with Gasteiger partial charge < -0.3 is 4.74 Å². The van der Waals surface area contributed by atoms with Crippen LogP contribution in [0.2, 0.25) is 0 Å². The van der Waals surface area contributed by atoms with Gasteiger partial charge in [-0.1, -0.05) is 44.2 Å². The summed E-state index contributed by atoms with van der Waals surface area (Å²) in [4.78, 5) is 1.45. The van der Waals surface area contributed by atoms with Crippen molar-refractivity contribution in [2.24, 2.45) is 0 Å². The van der Waals surface area contributed by atoms with Gasteiger partial charge in [0.15, 0.2) is 11.6 Å². The zero-order chi connectivity index (χ0) is 17.1. The zero-order valence-corrected chi connectivity index (χ0v) is 13.9. The lowest BCUT2D eigenvalue weighted by Gasteiger charge is -2.05. The average Bonchev–Trinajstić information content (AvgIpc) is 3.03. The second-order valence-electron chi connectivity index (χ2n) is 5.89. The number of hydrogen-bond donors (Lipinski definition) is 0. The van der Waals surface area contributed by atoms with Gasteiger partial charge in [0.25, 0.3) is 0 Å². The summed E-state index contributed by atoms with van der Waals surface area (Å²) in [5.41, 5.74) is 2.92. The van der Waals surface area contributed by atoms with E-state index in [1.54, 1.807) is 12.1 Å². The first-order valence-corrected chi connectivity index (χ1v) is 7.77. The van der Waals surface area contributed by atoms with E-state index in [1.165, 1.54) is 23.5 Å². The van der Waals surface area contributed by atoms with E-state index in [0.29, 0.717) is 18.3 Å². The molecule has 0 atom stereocenters. The van der Waals surface area contributed by atoms with Crippen molar-refractivity contribution in [2.45, 2.75) is 26.3 Å². The van der Waals surface area contributed by atoms with E-state index in [1.807, 2.05) is 12.1 Å². The van der Waals surface area contributed by atoms with Crippen molar-refractivity contribution in [3.05, 3.63) is 59.4 Å². The van der Waals surface area contributed by atoms with Gasteiger partial charge in [-0.15, -0.1) is 10.2 Å². The van der Waals surface area contributed by atoms with Crippen LogP contribution in [-0.2, 0) is 6.54 Å². The van der Waals surface area contributed by atoms with E-state index in [9.17, 15) is 4.39 Å². The van der Waals surface area contributed by atoms with Gasteiger partial charge in [0.1, 0.15) is 0 Å². The van der Waals surface area contributed by atoms with Crippen LogP contribution in [0, 0.1) is 5.82 Å². The summed E-state index contributed by atoms with van der Waals surface area (Å²) in [7, 11) is 1.44. The fraction of sp³-hybridized carbons (Fsp3) is 0.278. The Balaban J connectivity index is 1.77. The van der Waals surface area contributed by atoms with Gasteiger partial charge in [0, 0.05) is 5.56 Å². The number of methoxy groups -OCH3 is 1. The molecule has 0 aliphatic rings. The Morgan fingerprint density at radius 3 is 2.50 bits per heavy atom. The number of benzene rings is 2. The van der Waals surface area contributed by atoms with Crippen LogP contribution in [0.15, 0.2) is 42.5 Å². The van der Waals surface area contributed by atoms with E-state index in [4.69, 9.17) is 4.74 Å². The molecule has 0 fully saturated rings. The molecule has 0 bridgehead atoms. The predicted molar refractivity (Wildman–Crippen MR) is 89.4 cm³/mol. The molecule has 5 nitrogen and oxygen atoms in total. The third-order valence-corrected chi connectivity index (χ3v) is 3.83. The van der Waals surface area contributed by atoms with E-state index >= 15 is 0 Å². The minimum Gasteiger partial charge on any atom is -0.494 e. The fourth-order valence-corrected chi connectivity index (χ4v) is 2.41. The first-order valence-electron chi connectivity index (χ1n) is 7.77. The van der Waals surface area contributed by atoms with Crippen LogP contribution in [0.1, 0.15) is 30.9 Å². The number of aromatic nitrogens is 4. The summed E-state index contributed by atoms with van der Waals surface area (Å²) < 4.78 is 18.6. The molecule has 0 N–H and O–H groups in total. The van der Waals surface area contributed by atoms with Crippen LogP contribution in [0.3, 0.4) is 0 Å². The Kier molecular flexibility index (Phi) is 4.55. The van der Waals surface area contributed by atoms with E-state index in [-0.39, 0.29) is 5.75 Å². The quantitative estimate of drug-likeness (QED) is 0.718. The standard InChI is InChI=1S/C18H19FN4O/c1-12(2)14-5-7-15(8-6-14)18-20-22-23(21-18)11-13-4-9-17(24-3)16(19)10-13/h4-10,12H,11H2,1-3H3. The van der Waals surface area contributed by atoms with E-state index in [2.05, 4.69) is 41.4 Å². The molecule has 1 aromatic heterocycles. The van der Waals surface area contributed by atoms with Gasteiger partial charge in [0.2, 0.25) is 5.82 Å². The Morgan fingerprint density at radius 1 is 1.12 bits per heavy atom. The molecule has 0 spiro atoms. The molecule has 0 aliphatic heterocycles. The second kappa shape index (κ2) is 6.78.